The van der Waals surface area contributed by atoms with Gasteiger partial charge in [0.1, 0.15) is 5.75 Å². The summed E-state index contributed by atoms with van der Waals surface area (Å²) in [5.74, 6) is 0.0389. The highest BCUT2D eigenvalue weighted by Crippen LogP contribution is 2.23. The Bertz CT molecular complexity index is 372. The molecule has 80 valence electrons. The number of benzene rings is 1. The lowest BCUT2D eigenvalue weighted by Gasteiger charge is -2.06. The second kappa shape index (κ2) is 4.99. The SMILES string of the molecule is COc1ccc(C=O)c(OOC(C)=O)c1. The molecule has 0 aliphatic carbocycles. The van der Waals surface area contributed by atoms with Crippen LogP contribution >= 0.6 is 0 Å². The Balaban J connectivity index is 2.90. The van der Waals surface area contributed by atoms with Gasteiger partial charge in [-0.2, -0.15) is 0 Å². The summed E-state index contributed by atoms with van der Waals surface area (Å²) in [6.45, 7) is 1.20. The van der Waals surface area contributed by atoms with Crippen LogP contribution in [0.3, 0.4) is 0 Å². The van der Waals surface area contributed by atoms with E-state index in [1.807, 2.05) is 0 Å². The minimum atomic E-state index is -0.602. The topological polar surface area (TPSA) is 61.8 Å². The third-order valence-corrected chi connectivity index (χ3v) is 1.60. The average Bonchev–Trinajstić information content (AvgIpc) is 2.25. The molecular weight excluding hydrogens is 200 g/mol. The molecule has 0 saturated carbocycles. The van der Waals surface area contributed by atoms with Gasteiger partial charge in [0, 0.05) is 13.0 Å². The molecule has 0 heterocycles. The molecule has 0 aliphatic heterocycles. The zero-order valence-electron chi connectivity index (χ0n) is 8.35. The van der Waals surface area contributed by atoms with Crippen molar-refractivity contribution in [3.8, 4) is 11.5 Å². The Hall–Kier alpha value is -2.04. The number of hydrogen-bond acceptors (Lipinski definition) is 5. The molecule has 0 fully saturated rings. The molecule has 0 aromatic heterocycles. The molecule has 0 saturated heterocycles. The van der Waals surface area contributed by atoms with Crippen LogP contribution in [0.1, 0.15) is 17.3 Å². The molecule has 0 N–H and O–H groups in total. The van der Waals surface area contributed by atoms with Crippen LogP contribution in [0.25, 0.3) is 0 Å². The number of hydrogen-bond donors (Lipinski definition) is 0. The second-order valence-electron chi connectivity index (χ2n) is 2.68. The zero-order valence-corrected chi connectivity index (χ0v) is 8.35. The Morgan fingerprint density at radius 1 is 1.40 bits per heavy atom. The van der Waals surface area contributed by atoms with E-state index in [0.717, 1.165) is 0 Å². The van der Waals surface area contributed by atoms with E-state index >= 15 is 0 Å². The highest BCUT2D eigenvalue weighted by Gasteiger charge is 2.07. The van der Waals surface area contributed by atoms with Gasteiger partial charge in [0.15, 0.2) is 12.0 Å². The summed E-state index contributed by atoms with van der Waals surface area (Å²) in [5.41, 5.74) is 0.275. The van der Waals surface area contributed by atoms with Gasteiger partial charge >= 0.3 is 5.97 Å². The molecule has 0 amide bonds. The van der Waals surface area contributed by atoms with Crippen molar-refractivity contribution in [2.45, 2.75) is 6.92 Å². The van der Waals surface area contributed by atoms with Crippen molar-refractivity contribution in [2.24, 2.45) is 0 Å². The third kappa shape index (κ3) is 2.98. The molecule has 1 aromatic rings. The molecular formula is C10H10O5. The molecule has 1 rings (SSSR count). The van der Waals surface area contributed by atoms with Gasteiger partial charge in [-0.3, -0.25) is 14.6 Å². The maximum Gasteiger partial charge on any atom is 0.352 e. The Morgan fingerprint density at radius 3 is 2.67 bits per heavy atom. The number of aldehydes is 1. The first-order valence-electron chi connectivity index (χ1n) is 4.15. The van der Waals surface area contributed by atoms with Crippen molar-refractivity contribution >= 4 is 12.3 Å². The third-order valence-electron chi connectivity index (χ3n) is 1.60. The second-order valence-corrected chi connectivity index (χ2v) is 2.68. The lowest BCUT2D eigenvalue weighted by atomic mass is 10.2. The van der Waals surface area contributed by atoms with Crippen LogP contribution in [-0.4, -0.2) is 19.4 Å². The summed E-state index contributed by atoms with van der Waals surface area (Å²) in [5, 5.41) is 0. The molecule has 0 spiro atoms. The number of rotatable bonds is 4. The monoisotopic (exact) mass is 210 g/mol. The van der Waals surface area contributed by atoms with Crippen molar-refractivity contribution in [2.75, 3.05) is 7.11 Å². The van der Waals surface area contributed by atoms with Gasteiger partial charge in [0.25, 0.3) is 0 Å². The van der Waals surface area contributed by atoms with Crippen LogP contribution in [0.4, 0.5) is 0 Å². The number of methoxy groups -OCH3 is 1. The van der Waals surface area contributed by atoms with Crippen molar-refractivity contribution in [1.29, 1.82) is 0 Å². The largest absolute Gasteiger partial charge is 0.497 e. The van der Waals surface area contributed by atoms with Crippen LogP contribution in [-0.2, 0) is 9.68 Å². The summed E-state index contributed by atoms with van der Waals surface area (Å²) in [6.07, 6.45) is 0.596. The molecule has 0 bridgehead atoms. The van der Waals surface area contributed by atoms with Crippen LogP contribution < -0.4 is 9.62 Å². The standard InChI is InChI=1S/C10H10O5/c1-7(12)14-15-10-5-9(13-2)4-3-8(10)6-11/h3-6H,1-2H3. The fourth-order valence-electron chi connectivity index (χ4n) is 0.915. The zero-order chi connectivity index (χ0) is 11.3. The first kappa shape index (κ1) is 11.0. The summed E-state index contributed by atoms with van der Waals surface area (Å²) < 4.78 is 4.92. The molecule has 0 unspecified atom stereocenters. The molecule has 5 heteroatoms. The van der Waals surface area contributed by atoms with Crippen LogP contribution in [0.5, 0.6) is 11.5 Å². The smallest absolute Gasteiger partial charge is 0.352 e. The fraction of sp³-hybridized carbons (Fsp3) is 0.200. The van der Waals surface area contributed by atoms with E-state index < -0.39 is 5.97 Å². The highest BCUT2D eigenvalue weighted by molar-refractivity contribution is 5.79. The summed E-state index contributed by atoms with van der Waals surface area (Å²) >= 11 is 0. The maximum absolute atomic E-state index is 10.6. The van der Waals surface area contributed by atoms with Crippen molar-refractivity contribution in [3.05, 3.63) is 23.8 Å². The predicted molar refractivity (Wildman–Crippen MR) is 50.8 cm³/mol. The number of carbonyl (C=O) groups is 2. The molecule has 15 heavy (non-hydrogen) atoms. The molecule has 0 aliphatic rings. The highest BCUT2D eigenvalue weighted by atomic mass is 17.2. The molecule has 5 nitrogen and oxygen atoms in total. The van der Waals surface area contributed by atoms with Crippen LogP contribution in [0.2, 0.25) is 0 Å². The van der Waals surface area contributed by atoms with Crippen LogP contribution in [0, 0.1) is 0 Å². The van der Waals surface area contributed by atoms with E-state index in [1.54, 1.807) is 6.07 Å². The summed E-state index contributed by atoms with van der Waals surface area (Å²) in [6, 6.07) is 4.56. The first-order chi connectivity index (χ1) is 7.17. The minimum Gasteiger partial charge on any atom is -0.497 e. The minimum absolute atomic E-state index is 0.138. The Labute approximate surface area is 86.5 Å². The Morgan fingerprint density at radius 2 is 2.13 bits per heavy atom. The Kier molecular flexibility index (Phi) is 3.68. The van der Waals surface area contributed by atoms with Crippen molar-refractivity contribution in [3.63, 3.8) is 0 Å². The fourth-order valence-corrected chi connectivity index (χ4v) is 0.915. The van der Waals surface area contributed by atoms with Gasteiger partial charge in [0.05, 0.1) is 12.7 Å². The van der Waals surface area contributed by atoms with Crippen molar-refractivity contribution < 1.29 is 24.1 Å². The van der Waals surface area contributed by atoms with Crippen molar-refractivity contribution in [1.82, 2.24) is 0 Å². The number of carbonyl (C=O) groups excluding carboxylic acids is 2. The lowest BCUT2D eigenvalue weighted by molar-refractivity contribution is -0.211. The quantitative estimate of drug-likeness (QED) is 0.426. The van der Waals surface area contributed by atoms with E-state index in [1.165, 1.54) is 26.2 Å². The summed E-state index contributed by atoms with van der Waals surface area (Å²) in [7, 11) is 1.48. The number of ether oxygens (including phenoxy) is 1. The van der Waals surface area contributed by atoms with Gasteiger partial charge < -0.3 is 4.74 Å². The van der Waals surface area contributed by atoms with E-state index in [0.29, 0.717) is 12.0 Å². The van der Waals surface area contributed by atoms with Crippen LogP contribution in [0.15, 0.2) is 18.2 Å². The molecule has 0 atom stereocenters. The van der Waals surface area contributed by atoms with E-state index in [2.05, 4.69) is 9.78 Å². The normalized spacial score (nSPS) is 9.20. The predicted octanol–water partition coefficient (Wildman–Crippen LogP) is 1.36. The van der Waals surface area contributed by atoms with E-state index in [4.69, 9.17) is 4.74 Å². The maximum atomic E-state index is 10.6. The van der Waals surface area contributed by atoms with Gasteiger partial charge in [-0.15, -0.1) is 0 Å². The van der Waals surface area contributed by atoms with E-state index in [-0.39, 0.29) is 11.3 Å². The average molecular weight is 210 g/mol. The summed E-state index contributed by atoms with van der Waals surface area (Å²) in [4.78, 5) is 30.1. The van der Waals surface area contributed by atoms with Gasteiger partial charge in [-0.1, -0.05) is 0 Å². The van der Waals surface area contributed by atoms with Gasteiger partial charge in [-0.05, 0) is 12.1 Å². The van der Waals surface area contributed by atoms with Gasteiger partial charge in [-0.25, -0.2) is 4.79 Å². The van der Waals surface area contributed by atoms with E-state index in [9.17, 15) is 9.59 Å². The lowest BCUT2D eigenvalue weighted by Crippen LogP contribution is -2.04. The van der Waals surface area contributed by atoms with Gasteiger partial charge in [0.2, 0.25) is 0 Å². The first-order valence-corrected chi connectivity index (χ1v) is 4.15. The molecule has 0 radical (unpaired) electrons. The molecule has 1 aromatic carbocycles.